The van der Waals surface area contributed by atoms with Gasteiger partial charge in [-0.1, -0.05) is 25.5 Å². The van der Waals surface area contributed by atoms with Crippen LogP contribution in [0.25, 0.3) is 0 Å². The van der Waals surface area contributed by atoms with Gasteiger partial charge in [0.15, 0.2) is 5.69 Å². The highest BCUT2D eigenvalue weighted by Gasteiger charge is 2.32. The zero-order valence-electron chi connectivity index (χ0n) is 19.0. The molecule has 0 radical (unpaired) electrons. The number of aromatic nitrogens is 2. The first-order valence-electron chi connectivity index (χ1n) is 10.2. The number of alkyl carbamates (subject to hydrolysis) is 1. The molecule has 1 aromatic heterocycles. The molecule has 32 heavy (non-hydrogen) atoms. The highest BCUT2D eigenvalue weighted by molar-refractivity contribution is 5.94. The van der Waals surface area contributed by atoms with E-state index in [1.807, 2.05) is 6.92 Å². The fourth-order valence-corrected chi connectivity index (χ4v) is 3.00. The Kier molecular flexibility index (Phi) is 8.34. The Labute approximate surface area is 185 Å². The maximum absolute atomic E-state index is 13.1. The summed E-state index contributed by atoms with van der Waals surface area (Å²) in [5.41, 5.74) is -1.27. The second-order valence-electron chi connectivity index (χ2n) is 7.73. The van der Waals surface area contributed by atoms with Crippen molar-refractivity contribution in [2.75, 3.05) is 13.7 Å². The van der Waals surface area contributed by atoms with E-state index in [2.05, 4.69) is 15.6 Å². The van der Waals surface area contributed by atoms with Crippen molar-refractivity contribution in [2.24, 2.45) is 7.05 Å². The predicted octanol–water partition coefficient (Wildman–Crippen LogP) is 2.62. The molecule has 0 bridgehead atoms. The van der Waals surface area contributed by atoms with Gasteiger partial charge < -0.3 is 20.1 Å². The first-order valence-corrected chi connectivity index (χ1v) is 10.2. The zero-order valence-corrected chi connectivity index (χ0v) is 19.0. The third-order valence-corrected chi connectivity index (χ3v) is 4.74. The second-order valence-corrected chi connectivity index (χ2v) is 7.73. The van der Waals surface area contributed by atoms with Crippen LogP contribution >= 0.6 is 0 Å². The summed E-state index contributed by atoms with van der Waals surface area (Å²) in [6.45, 7) is 5.63. The molecule has 0 atom stereocenters. The van der Waals surface area contributed by atoms with Gasteiger partial charge >= 0.3 is 6.09 Å². The molecule has 0 aliphatic rings. The summed E-state index contributed by atoms with van der Waals surface area (Å²) < 4.78 is 24.6. The van der Waals surface area contributed by atoms with Crippen molar-refractivity contribution in [3.05, 3.63) is 57.5 Å². The maximum Gasteiger partial charge on any atom is 0.407 e. The summed E-state index contributed by atoms with van der Waals surface area (Å²) in [6.07, 6.45) is 0.948. The van der Waals surface area contributed by atoms with E-state index in [1.165, 1.54) is 43.0 Å². The van der Waals surface area contributed by atoms with E-state index in [0.717, 1.165) is 12.8 Å². The third-order valence-electron chi connectivity index (χ3n) is 4.74. The predicted molar refractivity (Wildman–Crippen MR) is 116 cm³/mol. The summed E-state index contributed by atoms with van der Waals surface area (Å²) in [7, 11) is 2.74. The van der Waals surface area contributed by atoms with Crippen LogP contribution in [0.4, 0.5) is 9.18 Å². The molecule has 2 aromatic rings. The smallest absolute Gasteiger partial charge is 0.407 e. The lowest BCUT2D eigenvalue weighted by molar-refractivity contribution is 0.0941. The van der Waals surface area contributed by atoms with Gasteiger partial charge in [0.2, 0.25) is 5.75 Å². The SMILES string of the molecule is CCCCOC(=O)NC(C)(C)c1nc(C(=O)NCc2ccc(F)cc2)c(OC)c(=O)n1C. The molecule has 0 unspecified atom stereocenters. The summed E-state index contributed by atoms with van der Waals surface area (Å²) >= 11 is 0. The molecule has 0 saturated carbocycles. The van der Waals surface area contributed by atoms with Crippen LogP contribution in [0.3, 0.4) is 0 Å². The minimum Gasteiger partial charge on any atom is -0.489 e. The van der Waals surface area contributed by atoms with Gasteiger partial charge in [-0.25, -0.2) is 14.2 Å². The number of carbonyl (C=O) groups excluding carboxylic acids is 2. The topological polar surface area (TPSA) is 112 Å². The van der Waals surface area contributed by atoms with Crippen molar-refractivity contribution >= 4 is 12.0 Å². The van der Waals surface area contributed by atoms with Gasteiger partial charge in [-0.3, -0.25) is 14.2 Å². The summed E-state index contributed by atoms with van der Waals surface area (Å²) in [5, 5.41) is 5.32. The van der Waals surface area contributed by atoms with E-state index in [1.54, 1.807) is 13.8 Å². The van der Waals surface area contributed by atoms with Crippen molar-refractivity contribution in [3.8, 4) is 5.75 Å². The number of methoxy groups -OCH3 is 1. The van der Waals surface area contributed by atoms with Gasteiger partial charge in [0.1, 0.15) is 11.6 Å². The Morgan fingerprint density at radius 3 is 2.47 bits per heavy atom. The van der Waals surface area contributed by atoms with Gasteiger partial charge in [0.25, 0.3) is 11.5 Å². The van der Waals surface area contributed by atoms with Gasteiger partial charge in [0, 0.05) is 13.6 Å². The Balaban J connectivity index is 2.31. The summed E-state index contributed by atoms with van der Waals surface area (Å²) in [5.74, 6) is -1.12. The van der Waals surface area contributed by atoms with Gasteiger partial charge in [-0.2, -0.15) is 0 Å². The molecule has 0 aliphatic heterocycles. The maximum atomic E-state index is 13.1. The number of hydrogen-bond donors (Lipinski definition) is 2. The van der Waals surface area contributed by atoms with Crippen LogP contribution in [0.5, 0.6) is 5.75 Å². The van der Waals surface area contributed by atoms with Crippen LogP contribution in [0, 0.1) is 5.82 Å². The second kappa shape index (κ2) is 10.7. The monoisotopic (exact) mass is 448 g/mol. The molecule has 0 spiro atoms. The highest BCUT2D eigenvalue weighted by atomic mass is 19.1. The minimum atomic E-state index is -1.13. The quantitative estimate of drug-likeness (QED) is 0.571. The third kappa shape index (κ3) is 6.05. The molecule has 2 N–H and O–H groups in total. The largest absolute Gasteiger partial charge is 0.489 e. The highest BCUT2D eigenvalue weighted by Crippen LogP contribution is 2.20. The van der Waals surface area contributed by atoms with E-state index in [-0.39, 0.29) is 36.2 Å². The first kappa shape index (κ1) is 24.8. The number of ether oxygens (including phenoxy) is 2. The molecule has 2 amide bonds. The molecule has 1 heterocycles. The lowest BCUT2D eigenvalue weighted by Crippen LogP contribution is -2.46. The normalized spacial score (nSPS) is 11.1. The lowest BCUT2D eigenvalue weighted by Gasteiger charge is -2.27. The van der Waals surface area contributed by atoms with Gasteiger partial charge in [-0.05, 0) is 38.0 Å². The molecule has 2 rings (SSSR count). The molecule has 174 valence electrons. The average molecular weight is 448 g/mol. The number of carbonyl (C=O) groups is 2. The fraction of sp³-hybridized carbons (Fsp3) is 0.455. The number of amides is 2. The Bertz CT molecular complexity index is 1020. The molecule has 0 fully saturated rings. The van der Waals surface area contributed by atoms with E-state index >= 15 is 0 Å². The number of unbranched alkanes of at least 4 members (excludes halogenated alkanes) is 1. The number of nitrogens with one attached hydrogen (secondary N) is 2. The van der Waals surface area contributed by atoms with Crippen LogP contribution in [-0.2, 0) is 23.9 Å². The van der Waals surface area contributed by atoms with Crippen molar-refractivity contribution in [1.82, 2.24) is 20.2 Å². The number of halogens is 1. The fourth-order valence-electron chi connectivity index (χ4n) is 3.00. The molecule has 1 aromatic carbocycles. The van der Waals surface area contributed by atoms with Crippen molar-refractivity contribution < 1.29 is 23.5 Å². The van der Waals surface area contributed by atoms with Crippen LogP contribution < -0.4 is 20.9 Å². The van der Waals surface area contributed by atoms with Crippen molar-refractivity contribution in [2.45, 2.75) is 45.7 Å². The molecule has 9 nitrogen and oxygen atoms in total. The van der Waals surface area contributed by atoms with E-state index < -0.39 is 23.1 Å². The zero-order chi connectivity index (χ0) is 23.9. The Morgan fingerprint density at radius 1 is 1.22 bits per heavy atom. The number of benzene rings is 1. The Hall–Kier alpha value is -3.43. The number of nitrogens with zero attached hydrogens (tertiary/aromatic N) is 2. The summed E-state index contributed by atoms with van der Waals surface area (Å²) in [6, 6.07) is 5.63. The molecular weight excluding hydrogens is 419 g/mol. The molecule has 0 aliphatic carbocycles. The van der Waals surface area contributed by atoms with Crippen molar-refractivity contribution in [1.29, 1.82) is 0 Å². The van der Waals surface area contributed by atoms with Crippen LogP contribution in [0.1, 0.15) is 55.5 Å². The van der Waals surface area contributed by atoms with Gasteiger partial charge in [-0.15, -0.1) is 0 Å². The van der Waals surface area contributed by atoms with Crippen LogP contribution in [0.15, 0.2) is 29.1 Å². The average Bonchev–Trinajstić information content (AvgIpc) is 2.74. The minimum absolute atomic E-state index is 0.0971. The first-order chi connectivity index (χ1) is 15.1. The molecule has 10 heteroatoms. The van der Waals surface area contributed by atoms with Crippen molar-refractivity contribution in [3.63, 3.8) is 0 Å². The number of hydrogen-bond acceptors (Lipinski definition) is 6. The van der Waals surface area contributed by atoms with E-state index in [9.17, 15) is 18.8 Å². The van der Waals surface area contributed by atoms with E-state index in [4.69, 9.17) is 9.47 Å². The molecule has 0 saturated heterocycles. The van der Waals surface area contributed by atoms with Gasteiger partial charge in [0.05, 0.1) is 19.3 Å². The Morgan fingerprint density at radius 2 is 1.88 bits per heavy atom. The number of rotatable bonds is 9. The van der Waals surface area contributed by atoms with Crippen LogP contribution in [0.2, 0.25) is 0 Å². The van der Waals surface area contributed by atoms with E-state index in [0.29, 0.717) is 5.56 Å². The van der Waals surface area contributed by atoms with Crippen LogP contribution in [-0.4, -0.2) is 35.3 Å². The standard InChI is InChI=1S/C22H29FN4O5/c1-6-7-12-32-21(30)26-22(2,3)20-25-16(17(31-5)19(29)27(20)4)18(28)24-13-14-8-10-15(23)11-9-14/h8-11H,6-7,12-13H2,1-5H3,(H,24,28)(H,26,30). The lowest BCUT2D eigenvalue weighted by atomic mass is 10.0. The molecular formula is C22H29FN4O5. The summed E-state index contributed by atoms with van der Waals surface area (Å²) in [4.78, 5) is 42.1.